The van der Waals surface area contributed by atoms with Gasteiger partial charge in [-0.1, -0.05) is 13.8 Å². The molecular formula is C12H18FN3O2. The summed E-state index contributed by atoms with van der Waals surface area (Å²) in [5, 5.41) is 11.6. The molecule has 1 aromatic rings. The number of halogens is 1. The van der Waals surface area contributed by atoms with E-state index in [1.54, 1.807) is 0 Å². The second kappa shape index (κ2) is 6.90. The highest BCUT2D eigenvalue weighted by atomic mass is 19.1. The van der Waals surface area contributed by atoms with Crippen molar-refractivity contribution in [1.29, 1.82) is 0 Å². The van der Waals surface area contributed by atoms with Crippen molar-refractivity contribution in [1.82, 2.24) is 9.88 Å². The van der Waals surface area contributed by atoms with Crippen molar-refractivity contribution in [2.75, 3.05) is 31.5 Å². The summed E-state index contributed by atoms with van der Waals surface area (Å²) in [6.45, 7) is 7.22. The van der Waals surface area contributed by atoms with Gasteiger partial charge >= 0.3 is 5.97 Å². The fourth-order valence-corrected chi connectivity index (χ4v) is 1.60. The van der Waals surface area contributed by atoms with Crippen molar-refractivity contribution in [3.05, 3.63) is 23.6 Å². The maximum atomic E-state index is 13.7. The molecule has 5 nitrogen and oxygen atoms in total. The number of hydrogen-bond acceptors (Lipinski definition) is 4. The summed E-state index contributed by atoms with van der Waals surface area (Å²) in [5.74, 6) is -2.12. The molecular weight excluding hydrogens is 237 g/mol. The molecule has 0 bridgehead atoms. The number of rotatable bonds is 7. The van der Waals surface area contributed by atoms with E-state index in [1.165, 1.54) is 6.20 Å². The van der Waals surface area contributed by atoms with E-state index in [4.69, 9.17) is 5.11 Å². The van der Waals surface area contributed by atoms with Gasteiger partial charge in [0.2, 0.25) is 0 Å². The summed E-state index contributed by atoms with van der Waals surface area (Å²) in [4.78, 5) is 16.7. The summed E-state index contributed by atoms with van der Waals surface area (Å²) in [5.41, 5.74) is -0.365. The first-order chi connectivity index (χ1) is 8.60. The first kappa shape index (κ1) is 14.4. The second-order valence-electron chi connectivity index (χ2n) is 3.78. The zero-order chi connectivity index (χ0) is 13.5. The molecule has 0 unspecified atom stereocenters. The standard InChI is InChI=1S/C12H18FN3O2/c1-3-16(4-2)8-7-15-11-10(13)9(12(17)18)5-6-14-11/h5-6H,3-4,7-8H2,1-2H3,(H,14,15)(H,17,18). The van der Waals surface area contributed by atoms with Crippen molar-refractivity contribution < 1.29 is 14.3 Å². The minimum Gasteiger partial charge on any atom is -0.478 e. The van der Waals surface area contributed by atoms with Crippen molar-refractivity contribution in [2.45, 2.75) is 13.8 Å². The smallest absolute Gasteiger partial charge is 0.338 e. The van der Waals surface area contributed by atoms with E-state index >= 15 is 0 Å². The van der Waals surface area contributed by atoms with Gasteiger partial charge in [0.15, 0.2) is 11.6 Å². The van der Waals surface area contributed by atoms with Gasteiger partial charge in [0.25, 0.3) is 0 Å². The molecule has 0 amide bonds. The number of anilines is 1. The maximum Gasteiger partial charge on any atom is 0.338 e. The average Bonchev–Trinajstić information content (AvgIpc) is 2.36. The zero-order valence-corrected chi connectivity index (χ0v) is 10.6. The lowest BCUT2D eigenvalue weighted by Gasteiger charge is -2.18. The molecule has 1 heterocycles. The molecule has 0 saturated carbocycles. The summed E-state index contributed by atoms with van der Waals surface area (Å²) < 4.78 is 13.7. The van der Waals surface area contributed by atoms with Crippen molar-refractivity contribution in [3.63, 3.8) is 0 Å². The van der Waals surface area contributed by atoms with Crippen molar-refractivity contribution >= 4 is 11.8 Å². The van der Waals surface area contributed by atoms with Crippen LogP contribution in [-0.4, -0.2) is 47.1 Å². The number of carboxylic acids is 1. The van der Waals surface area contributed by atoms with Gasteiger partial charge in [-0.2, -0.15) is 0 Å². The Hall–Kier alpha value is -1.69. The van der Waals surface area contributed by atoms with E-state index in [-0.39, 0.29) is 11.4 Å². The van der Waals surface area contributed by atoms with Crippen LogP contribution in [0.5, 0.6) is 0 Å². The Bertz CT molecular complexity index is 408. The number of nitrogens with zero attached hydrogens (tertiary/aromatic N) is 2. The fourth-order valence-electron chi connectivity index (χ4n) is 1.60. The number of aromatic nitrogens is 1. The van der Waals surface area contributed by atoms with Crippen LogP contribution in [0.2, 0.25) is 0 Å². The normalized spacial score (nSPS) is 10.7. The van der Waals surface area contributed by atoms with E-state index in [0.717, 1.165) is 25.7 Å². The number of carboxylic acid groups (broad SMARTS) is 1. The van der Waals surface area contributed by atoms with E-state index < -0.39 is 11.8 Å². The summed E-state index contributed by atoms with van der Waals surface area (Å²) >= 11 is 0. The van der Waals surface area contributed by atoms with Crippen LogP contribution < -0.4 is 5.32 Å². The number of carbonyl (C=O) groups is 1. The monoisotopic (exact) mass is 255 g/mol. The predicted molar refractivity (Wildman–Crippen MR) is 67.4 cm³/mol. The molecule has 0 atom stereocenters. The van der Waals surface area contributed by atoms with Gasteiger partial charge in [0, 0.05) is 19.3 Å². The number of pyridine rings is 1. The molecule has 1 aromatic heterocycles. The van der Waals surface area contributed by atoms with Gasteiger partial charge in [-0.3, -0.25) is 0 Å². The largest absolute Gasteiger partial charge is 0.478 e. The van der Waals surface area contributed by atoms with E-state index in [1.807, 2.05) is 13.8 Å². The summed E-state index contributed by atoms with van der Waals surface area (Å²) in [7, 11) is 0. The molecule has 18 heavy (non-hydrogen) atoms. The van der Waals surface area contributed by atoms with Crippen LogP contribution >= 0.6 is 0 Å². The minimum absolute atomic E-state index is 0.0120. The lowest BCUT2D eigenvalue weighted by molar-refractivity contribution is 0.0692. The number of likely N-dealkylation sites (N-methyl/N-ethyl adjacent to an activating group) is 1. The molecule has 0 fully saturated rings. The highest BCUT2D eigenvalue weighted by molar-refractivity contribution is 5.88. The van der Waals surface area contributed by atoms with Crippen LogP contribution in [0.25, 0.3) is 0 Å². The number of nitrogens with one attached hydrogen (secondary N) is 1. The van der Waals surface area contributed by atoms with Gasteiger partial charge in [-0.05, 0) is 19.2 Å². The molecule has 100 valence electrons. The Labute approximate surface area is 106 Å². The Balaban J connectivity index is 2.63. The first-order valence-electron chi connectivity index (χ1n) is 5.94. The molecule has 0 aromatic carbocycles. The Kier molecular flexibility index (Phi) is 5.51. The van der Waals surface area contributed by atoms with E-state index in [0.29, 0.717) is 6.54 Å². The minimum atomic E-state index is -1.29. The molecule has 0 spiro atoms. The maximum absolute atomic E-state index is 13.7. The Morgan fingerprint density at radius 2 is 2.17 bits per heavy atom. The van der Waals surface area contributed by atoms with E-state index in [9.17, 15) is 9.18 Å². The molecule has 2 N–H and O–H groups in total. The van der Waals surface area contributed by atoms with Crippen LogP contribution in [0.1, 0.15) is 24.2 Å². The van der Waals surface area contributed by atoms with Crippen LogP contribution in [0.15, 0.2) is 12.3 Å². The highest BCUT2D eigenvalue weighted by Gasteiger charge is 2.14. The van der Waals surface area contributed by atoms with Crippen molar-refractivity contribution in [3.8, 4) is 0 Å². The molecule has 1 rings (SSSR count). The highest BCUT2D eigenvalue weighted by Crippen LogP contribution is 2.14. The zero-order valence-electron chi connectivity index (χ0n) is 10.6. The fraction of sp³-hybridized carbons (Fsp3) is 0.500. The topological polar surface area (TPSA) is 65.5 Å². The average molecular weight is 255 g/mol. The Morgan fingerprint density at radius 1 is 1.50 bits per heavy atom. The third kappa shape index (κ3) is 3.66. The molecule has 0 aliphatic heterocycles. The summed E-state index contributed by atoms with van der Waals surface area (Å²) in [6.07, 6.45) is 1.28. The lowest BCUT2D eigenvalue weighted by atomic mass is 10.2. The third-order valence-corrected chi connectivity index (χ3v) is 2.73. The van der Waals surface area contributed by atoms with Gasteiger partial charge < -0.3 is 15.3 Å². The Morgan fingerprint density at radius 3 is 2.72 bits per heavy atom. The second-order valence-corrected chi connectivity index (χ2v) is 3.78. The van der Waals surface area contributed by atoms with Gasteiger partial charge in [-0.25, -0.2) is 14.2 Å². The molecule has 0 aliphatic rings. The van der Waals surface area contributed by atoms with Crippen LogP contribution in [0.4, 0.5) is 10.2 Å². The van der Waals surface area contributed by atoms with Gasteiger partial charge in [0.05, 0.1) is 0 Å². The third-order valence-electron chi connectivity index (χ3n) is 2.73. The molecule has 6 heteroatoms. The van der Waals surface area contributed by atoms with Crippen molar-refractivity contribution in [2.24, 2.45) is 0 Å². The van der Waals surface area contributed by atoms with Crippen LogP contribution in [0, 0.1) is 5.82 Å². The van der Waals surface area contributed by atoms with E-state index in [2.05, 4.69) is 15.2 Å². The van der Waals surface area contributed by atoms with Gasteiger partial charge in [-0.15, -0.1) is 0 Å². The molecule has 0 saturated heterocycles. The molecule has 0 radical (unpaired) electrons. The van der Waals surface area contributed by atoms with Gasteiger partial charge in [0.1, 0.15) is 5.56 Å². The number of hydrogen-bond donors (Lipinski definition) is 2. The van der Waals surface area contributed by atoms with Crippen LogP contribution in [-0.2, 0) is 0 Å². The first-order valence-corrected chi connectivity index (χ1v) is 5.94. The quantitative estimate of drug-likeness (QED) is 0.776. The summed E-state index contributed by atoms with van der Waals surface area (Å²) in [6, 6.07) is 1.15. The predicted octanol–water partition coefficient (Wildman–Crippen LogP) is 1.67. The van der Waals surface area contributed by atoms with Crippen LogP contribution in [0.3, 0.4) is 0 Å². The number of aromatic carboxylic acids is 1. The molecule has 0 aliphatic carbocycles. The lowest BCUT2D eigenvalue weighted by Crippen LogP contribution is -2.29. The SMILES string of the molecule is CCN(CC)CCNc1nccc(C(=O)O)c1F.